The highest BCUT2D eigenvalue weighted by Crippen LogP contribution is 2.26. The minimum atomic E-state index is -0.757. The Morgan fingerprint density at radius 1 is 1.36 bits per heavy atom. The minimum Gasteiger partial charge on any atom is -0.389 e. The molecule has 122 valence electrons. The summed E-state index contributed by atoms with van der Waals surface area (Å²) in [7, 11) is 0. The van der Waals surface area contributed by atoms with Crippen LogP contribution in [0.3, 0.4) is 0 Å². The van der Waals surface area contributed by atoms with E-state index in [1.165, 1.54) is 0 Å². The number of carbonyl (C=O) groups excluding carboxylic acids is 1. The Hall–Kier alpha value is -1.39. The van der Waals surface area contributed by atoms with Gasteiger partial charge >= 0.3 is 0 Å². The van der Waals surface area contributed by atoms with Crippen LogP contribution in [0.2, 0.25) is 0 Å². The van der Waals surface area contributed by atoms with E-state index in [1.807, 2.05) is 56.0 Å². The molecule has 0 aliphatic carbocycles. The highest BCUT2D eigenvalue weighted by molar-refractivity contribution is 5.78. The van der Waals surface area contributed by atoms with Crippen molar-refractivity contribution in [3.05, 3.63) is 35.9 Å². The van der Waals surface area contributed by atoms with Gasteiger partial charge in [-0.25, -0.2) is 0 Å². The molecule has 1 aliphatic rings. The first-order valence-corrected chi connectivity index (χ1v) is 8.20. The summed E-state index contributed by atoms with van der Waals surface area (Å²) in [6.45, 7) is 8.33. The van der Waals surface area contributed by atoms with Crippen LogP contribution in [0.25, 0.3) is 0 Å². The van der Waals surface area contributed by atoms with Crippen molar-refractivity contribution >= 4 is 5.91 Å². The maximum atomic E-state index is 12.6. The van der Waals surface area contributed by atoms with Gasteiger partial charge in [-0.2, -0.15) is 0 Å². The number of rotatable bonds is 6. The number of hydrogen-bond acceptors (Lipinski definition) is 3. The van der Waals surface area contributed by atoms with Crippen LogP contribution < -0.4 is 0 Å². The predicted octanol–water partition coefficient (Wildman–Crippen LogP) is 2.27. The maximum Gasteiger partial charge on any atom is 0.237 e. The Morgan fingerprint density at radius 2 is 2.05 bits per heavy atom. The fourth-order valence-electron chi connectivity index (χ4n) is 3.27. The number of aliphatic hydroxyl groups is 1. The van der Waals surface area contributed by atoms with Crippen molar-refractivity contribution in [1.82, 2.24) is 9.80 Å². The van der Waals surface area contributed by atoms with Crippen LogP contribution in [0.5, 0.6) is 0 Å². The molecule has 1 aromatic rings. The Labute approximate surface area is 133 Å². The smallest absolute Gasteiger partial charge is 0.237 e. The predicted molar refractivity (Wildman–Crippen MR) is 88.4 cm³/mol. The van der Waals surface area contributed by atoms with E-state index in [9.17, 15) is 9.90 Å². The van der Waals surface area contributed by atoms with Gasteiger partial charge in [0.05, 0.1) is 12.1 Å². The molecule has 1 atom stereocenters. The Balaban J connectivity index is 1.97. The summed E-state index contributed by atoms with van der Waals surface area (Å²) >= 11 is 0. The molecule has 0 saturated carbocycles. The summed E-state index contributed by atoms with van der Waals surface area (Å²) in [5, 5.41) is 10.3. The van der Waals surface area contributed by atoms with Crippen LogP contribution in [-0.4, -0.2) is 52.1 Å². The lowest BCUT2D eigenvalue weighted by molar-refractivity contribution is -0.134. The molecule has 1 heterocycles. The fourth-order valence-corrected chi connectivity index (χ4v) is 3.27. The average Bonchev–Trinajstić information content (AvgIpc) is 2.94. The number of amides is 1. The van der Waals surface area contributed by atoms with E-state index in [1.54, 1.807) is 0 Å². The van der Waals surface area contributed by atoms with Crippen LogP contribution >= 0.6 is 0 Å². The highest BCUT2D eigenvalue weighted by atomic mass is 16.3. The van der Waals surface area contributed by atoms with Crippen molar-refractivity contribution in [2.75, 3.05) is 19.6 Å². The van der Waals surface area contributed by atoms with Crippen molar-refractivity contribution in [1.29, 1.82) is 0 Å². The second-order valence-electron chi connectivity index (χ2n) is 6.68. The van der Waals surface area contributed by atoms with Gasteiger partial charge in [-0.1, -0.05) is 30.3 Å². The third-order valence-corrected chi connectivity index (χ3v) is 4.47. The zero-order valence-electron chi connectivity index (χ0n) is 14.0. The largest absolute Gasteiger partial charge is 0.389 e. The number of nitrogens with zero attached hydrogens (tertiary/aromatic N) is 2. The van der Waals surface area contributed by atoms with Crippen LogP contribution in [-0.2, 0) is 11.3 Å². The maximum absolute atomic E-state index is 12.6. The van der Waals surface area contributed by atoms with E-state index in [4.69, 9.17) is 0 Å². The molecule has 1 aliphatic heterocycles. The van der Waals surface area contributed by atoms with Crippen LogP contribution in [0.4, 0.5) is 0 Å². The Bertz CT molecular complexity index is 482. The van der Waals surface area contributed by atoms with Crippen molar-refractivity contribution in [2.45, 2.75) is 51.8 Å². The van der Waals surface area contributed by atoms with Crippen LogP contribution in [0, 0.1) is 0 Å². The molecule has 4 nitrogen and oxygen atoms in total. The Morgan fingerprint density at radius 3 is 2.64 bits per heavy atom. The lowest BCUT2D eigenvalue weighted by Crippen LogP contribution is -2.49. The molecule has 0 bridgehead atoms. The zero-order chi connectivity index (χ0) is 16.2. The lowest BCUT2D eigenvalue weighted by atomic mass is 9.97. The minimum absolute atomic E-state index is 0.0758. The third-order valence-electron chi connectivity index (χ3n) is 4.47. The van der Waals surface area contributed by atoms with E-state index in [0.717, 1.165) is 24.9 Å². The summed E-state index contributed by atoms with van der Waals surface area (Å²) in [6.07, 6.45) is 2.01. The molecule has 1 unspecified atom stereocenters. The van der Waals surface area contributed by atoms with Crippen molar-refractivity contribution in [3.63, 3.8) is 0 Å². The molecule has 22 heavy (non-hydrogen) atoms. The zero-order valence-corrected chi connectivity index (χ0v) is 14.0. The topological polar surface area (TPSA) is 43.8 Å². The molecule has 1 aromatic carbocycles. The fraction of sp³-hybridized carbons (Fsp3) is 0.611. The number of carbonyl (C=O) groups is 1. The first kappa shape index (κ1) is 17.0. The first-order valence-electron chi connectivity index (χ1n) is 8.20. The molecule has 1 fully saturated rings. The number of benzene rings is 1. The molecule has 0 spiro atoms. The summed E-state index contributed by atoms with van der Waals surface area (Å²) < 4.78 is 0. The molecular weight excluding hydrogens is 276 g/mol. The third kappa shape index (κ3) is 4.31. The summed E-state index contributed by atoms with van der Waals surface area (Å²) in [4.78, 5) is 16.6. The SMILES string of the molecule is CCN(Cc1ccccc1)C(=O)CN1CCCC1C(C)(C)O. The average molecular weight is 304 g/mol. The van der Waals surface area contributed by atoms with Gasteiger partial charge in [0.25, 0.3) is 0 Å². The van der Waals surface area contributed by atoms with Crippen molar-refractivity contribution in [3.8, 4) is 0 Å². The van der Waals surface area contributed by atoms with E-state index >= 15 is 0 Å². The summed E-state index contributed by atoms with van der Waals surface area (Å²) in [6, 6.07) is 10.2. The van der Waals surface area contributed by atoms with E-state index < -0.39 is 5.60 Å². The molecule has 1 saturated heterocycles. The van der Waals surface area contributed by atoms with Crippen molar-refractivity contribution < 1.29 is 9.90 Å². The number of likely N-dealkylation sites (N-methyl/N-ethyl adjacent to an activating group) is 1. The van der Waals surface area contributed by atoms with Gasteiger partial charge in [-0.3, -0.25) is 9.69 Å². The number of likely N-dealkylation sites (tertiary alicyclic amines) is 1. The molecule has 2 rings (SSSR count). The van der Waals surface area contributed by atoms with Gasteiger partial charge in [-0.05, 0) is 45.7 Å². The molecule has 1 amide bonds. The highest BCUT2D eigenvalue weighted by Gasteiger charge is 2.36. The van der Waals surface area contributed by atoms with E-state index in [-0.39, 0.29) is 11.9 Å². The summed E-state index contributed by atoms with van der Waals surface area (Å²) in [5.74, 6) is 0.141. The van der Waals surface area contributed by atoms with E-state index in [2.05, 4.69) is 4.90 Å². The standard InChI is InChI=1S/C18H28N2O2/c1-4-19(13-15-9-6-5-7-10-15)17(21)14-20-12-8-11-16(20)18(2,3)22/h5-7,9-10,16,22H,4,8,11-14H2,1-3H3. The lowest BCUT2D eigenvalue weighted by Gasteiger charge is -2.34. The second-order valence-corrected chi connectivity index (χ2v) is 6.68. The van der Waals surface area contributed by atoms with Crippen molar-refractivity contribution in [2.24, 2.45) is 0 Å². The monoisotopic (exact) mass is 304 g/mol. The normalized spacial score (nSPS) is 19.4. The van der Waals surface area contributed by atoms with Crippen LogP contribution in [0.1, 0.15) is 39.2 Å². The van der Waals surface area contributed by atoms with E-state index in [0.29, 0.717) is 19.6 Å². The molecular formula is C18H28N2O2. The second kappa shape index (κ2) is 7.25. The molecule has 0 aromatic heterocycles. The van der Waals surface area contributed by atoms with Gasteiger partial charge in [0.1, 0.15) is 0 Å². The first-order chi connectivity index (χ1) is 10.4. The molecule has 4 heteroatoms. The molecule has 0 radical (unpaired) electrons. The van der Waals surface area contributed by atoms with Gasteiger partial charge in [0, 0.05) is 19.1 Å². The Kier molecular flexibility index (Phi) is 5.59. The number of hydrogen-bond donors (Lipinski definition) is 1. The molecule has 1 N–H and O–H groups in total. The van der Waals surface area contributed by atoms with Gasteiger partial charge in [0.2, 0.25) is 5.91 Å². The van der Waals surface area contributed by atoms with Gasteiger partial charge < -0.3 is 10.0 Å². The summed E-state index contributed by atoms with van der Waals surface area (Å²) in [5.41, 5.74) is 0.394. The van der Waals surface area contributed by atoms with Gasteiger partial charge in [-0.15, -0.1) is 0 Å². The van der Waals surface area contributed by atoms with Crippen LogP contribution in [0.15, 0.2) is 30.3 Å². The quantitative estimate of drug-likeness (QED) is 0.877. The van der Waals surface area contributed by atoms with Gasteiger partial charge in [0.15, 0.2) is 0 Å².